The molecule has 0 bridgehead atoms. The molecular formula is C32H44IN11O7S. The number of halogens is 1. The van der Waals surface area contributed by atoms with Crippen molar-refractivity contribution in [3.63, 3.8) is 0 Å². The van der Waals surface area contributed by atoms with Gasteiger partial charge in [-0.2, -0.15) is 10.1 Å². The fourth-order valence-electron chi connectivity index (χ4n) is 6.14. The minimum absolute atomic E-state index is 0.138. The lowest BCUT2D eigenvalue weighted by atomic mass is 9.93. The second-order valence-electron chi connectivity index (χ2n) is 13.0. The lowest BCUT2D eigenvalue weighted by Crippen LogP contribution is -2.37. The van der Waals surface area contributed by atoms with Crippen LogP contribution in [0, 0.1) is 0 Å². The molecular weight excluding hydrogens is 809 g/mol. The molecule has 1 saturated carbocycles. The molecule has 0 spiro atoms. The molecule has 0 unspecified atom stereocenters. The largest absolute Gasteiger partial charge is 0.489 e. The van der Waals surface area contributed by atoms with Crippen LogP contribution in [0.25, 0.3) is 10.9 Å². The van der Waals surface area contributed by atoms with Crippen LogP contribution in [0.1, 0.15) is 31.2 Å². The maximum Gasteiger partial charge on any atom is 0.301 e. The molecule has 1 aliphatic carbocycles. The monoisotopic (exact) mass is 853 g/mol. The van der Waals surface area contributed by atoms with Gasteiger partial charge in [0.2, 0.25) is 21.9 Å². The number of fused-ring (bicyclic) bond motifs is 1. The Bertz CT molecular complexity index is 1940. The topological polar surface area (TPSA) is 194 Å². The number of nitrogens with one attached hydrogen (secondary N) is 1. The Morgan fingerprint density at radius 1 is 1.06 bits per heavy atom. The van der Waals surface area contributed by atoms with Crippen LogP contribution < -0.4 is 27.3 Å². The summed E-state index contributed by atoms with van der Waals surface area (Å²) in [6.45, 7) is 3.66. The molecule has 282 valence electrons. The summed E-state index contributed by atoms with van der Waals surface area (Å²) in [5.74, 6) is 2.39. The predicted octanol–water partition coefficient (Wildman–Crippen LogP) is 3.13. The Morgan fingerprint density at radius 3 is 2.46 bits per heavy atom. The number of hydrogen-bond donors (Lipinski definition) is 2. The molecule has 0 radical (unpaired) electrons. The molecule has 5 heterocycles. The Balaban J connectivity index is 1.21. The lowest BCUT2D eigenvalue weighted by molar-refractivity contribution is 0.122. The van der Waals surface area contributed by atoms with Gasteiger partial charge < -0.3 is 29.3 Å². The van der Waals surface area contributed by atoms with E-state index < -0.39 is 31.5 Å². The molecule has 18 nitrogen and oxygen atoms in total. The van der Waals surface area contributed by atoms with E-state index in [1.165, 1.54) is 17.1 Å². The third-order valence-electron chi connectivity index (χ3n) is 8.90. The second-order valence-corrected chi connectivity index (χ2v) is 16.2. The van der Waals surface area contributed by atoms with Gasteiger partial charge in [0.1, 0.15) is 18.5 Å². The zero-order chi connectivity index (χ0) is 36.8. The lowest BCUT2D eigenvalue weighted by Gasteiger charge is -2.31. The van der Waals surface area contributed by atoms with Gasteiger partial charge in [0.15, 0.2) is 11.6 Å². The Morgan fingerprint density at radius 2 is 1.79 bits per heavy atom. The average Bonchev–Trinajstić information content (AvgIpc) is 3.51. The highest BCUT2D eigenvalue weighted by Crippen LogP contribution is 2.35. The fourth-order valence-corrected chi connectivity index (χ4v) is 7.81. The highest BCUT2D eigenvalue weighted by molar-refractivity contribution is 14.1. The van der Waals surface area contributed by atoms with Crippen molar-refractivity contribution in [2.75, 3.05) is 77.6 Å². The van der Waals surface area contributed by atoms with Crippen LogP contribution >= 0.6 is 21.5 Å². The van der Waals surface area contributed by atoms with Crippen LogP contribution in [0.2, 0.25) is 0 Å². The van der Waals surface area contributed by atoms with Crippen molar-refractivity contribution in [1.29, 1.82) is 0 Å². The number of hydrogen-bond acceptors (Lipinski definition) is 15. The van der Waals surface area contributed by atoms with E-state index in [0.717, 1.165) is 42.8 Å². The van der Waals surface area contributed by atoms with E-state index in [9.17, 15) is 16.7 Å². The normalized spacial score (nSPS) is 18.1. The molecule has 2 N–H and O–H groups in total. The first-order valence-electron chi connectivity index (χ1n) is 16.9. The first kappa shape index (κ1) is 37.8. The predicted molar refractivity (Wildman–Crippen MR) is 202 cm³/mol. The Hall–Kier alpha value is -3.99. The summed E-state index contributed by atoms with van der Waals surface area (Å²) < 4.78 is 59.0. The van der Waals surface area contributed by atoms with Gasteiger partial charge in [0.25, 0.3) is 0 Å². The van der Waals surface area contributed by atoms with Crippen molar-refractivity contribution in [3.8, 4) is 11.6 Å². The highest BCUT2D eigenvalue weighted by atomic mass is 127. The number of sulfonamides is 1. The third-order valence-corrected chi connectivity index (χ3v) is 10.9. The van der Waals surface area contributed by atoms with Gasteiger partial charge >= 0.3 is 21.5 Å². The number of anilines is 4. The second kappa shape index (κ2) is 16.8. The summed E-state index contributed by atoms with van der Waals surface area (Å²) >= 11 is -1.98. The van der Waals surface area contributed by atoms with Crippen molar-refractivity contribution in [2.24, 2.45) is 7.05 Å². The van der Waals surface area contributed by atoms with E-state index in [4.69, 9.17) is 24.2 Å². The first-order valence-corrected chi connectivity index (χ1v) is 20.6. The van der Waals surface area contributed by atoms with Gasteiger partial charge in [-0.05, 0) is 45.8 Å². The molecule has 1 aliphatic heterocycles. The maximum absolute atomic E-state index is 13.2. The van der Waals surface area contributed by atoms with Gasteiger partial charge in [-0.3, -0.25) is 14.5 Å². The number of aromatic nitrogens is 6. The molecule has 0 aromatic carbocycles. The molecule has 4 aromatic heterocycles. The quantitative estimate of drug-likeness (QED) is 0.101. The molecule has 0 atom stereocenters. The van der Waals surface area contributed by atoms with E-state index in [1.54, 1.807) is 25.5 Å². The van der Waals surface area contributed by atoms with Gasteiger partial charge in [0.05, 0.1) is 67.4 Å². The minimum Gasteiger partial charge on any atom is -0.489 e. The van der Waals surface area contributed by atoms with E-state index in [1.807, 2.05) is 25.1 Å². The summed E-state index contributed by atoms with van der Waals surface area (Å²) in [5, 5.41) is 18.4. The minimum atomic E-state index is -3.85. The smallest absolute Gasteiger partial charge is 0.301 e. The zero-order valence-corrected chi connectivity index (χ0v) is 32.5. The van der Waals surface area contributed by atoms with Crippen molar-refractivity contribution >= 4 is 65.7 Å². The van der Waals surface area contributed by atoms with Crippen LogP contribution in [-0.2, 0) is 31.4 Å². The number of morpholine rings is 1. The van der Waals surface area contributed by atoms with E-state index in [2.05, 4.69) is 25.3 Å². The molecule has 4 aromatic rings. The zero-order valence-electron chi connectivity index (χ0n) is 29.6. The van der Waals surface area contributed by atoms with Crippen LogP contribution in [0.5, 0.6) is 11.6 Å². The van der Waals surface area contributed by atoms with Gasteiger partial charge in [0, 0.05) is 44.4 Å². The van der Waals surface area contributed by atoms with Crippen LogP contribution in [-0.4, -0.2) is 120 Å². The highest BCUT2D eigenvalue weighted by Gasteiger charge is 2.28. The molecule has 20 heteroatoms. The average molecular weight is 854 g/mol. The number of likely N-dealkylation sites (N-methyl/N-ethyl adjacent to an activating group) is 1. The van der Waals surface area contributed by atoms with E-state index in [-0.39, 0.29) is 30.2 Å². The summed E-state index contributed by atoms with van der Waals surface area (Å²) in [7, 11) is 1.70. The summed E-state index contributed by atoms with van der Waals surface area (Å²) in [6.07, 6.45) is 10.4. The SMILES string of the molecule is CN(C)CCOc1cnc(NC2CCC(Oc3nc(N4CCOCC4)cc4ncc(N(Cc5cnn(C)c5N(O)I=O)S(C)(=O)=O)cc34)CC2)nc1. The Kier molecular flexibility index (Phi) is 12.2. The van der Waals surface area contributed by atoms with Gasteiger partial charge in [-0.1, -0.05) is 0 Å². The van der Waals surface area contributed by atoms with Crippen LogP contribution in [0.4, 0.5) is 23.3 Å². The standard InChI is InChI=1S/C32H44IN11O7S/c1-40(2)9-14-50-26-19-35-32(36-20-26)38-23-5-7-25(8-6-23)51-30-27-15-24(18-34-28(27)16-29(39-30)42-10-12-49-13-11-42)43(52(4,47)48)21-22-17-37-41(3)31(22)44(46)33-45/h15-20,23,25,46H,5-14,21H2,1-4H3,(H,35,36,38). The summed E-state index contributed by atoms with van der Waals surface area (Å²) in [5.41, 5.74) is 1.24. The van der Waals surface area contributed by atoms with Crippen LogP contribution in [0.3, 0.4) is 0 Å². The fraction of sp³-hybridized carbons (Fsp3) is 0.531. The third kappa shape index (κ3) is 9.32. The van der Waals surface area contributed by atoms with Crippen molar-refractivity contribution < 1.29 is 30.9 Å². The van der Waals surface area contributed by atoms with Crippen molar-refractivity contribution in [1.82, 2.24) is 34.6 Å². The van der Waals surface area contributed by atoms with E-state index >= 15 is 0 Å². The number of ether oxygens (including phenoxy) is 3. The first-order chi connectivity index (χ1) is 25.0. The molecule has 6 rings (SSSR count). The number of nitrogens with zero attached hydrogens (tertiary/aromatic N) is 10. The molecule has 0 amide bonds. The number of aryl methyl sites for hydroxylation is 1. The van der Waals surface area contributed by atoms with E-state index in [0.29, 0.717) is 76.0 Å². The Labute approximate surface area is 313 Å². The van der Waals surface area contributed by atoms with Crippen molar-refractivity contribution in [2.45, 2.75) is 44.4 Å². The van der Waals surface area contributed by atoms with Crippen LogP contribution in [0.15, 0.2) is 36.9 Å². The summed E-state index contributed by atoms with van der Waals surface area (Å²) in [4.78, 5) is 22.7. The molecule has 1 saturated heterocycles. The number of pyridine rings is 2. The maximum atomic E-state index is 13.2. The van der Waals surface area contributed by atoms with Gasteiger partial charge in [-0.25, -0.2) is 26.1 Å². The number of rotatable bonds is 15. The molecule has 2 fully saturated rings. The van der Waals surface area contributed by atoms with Crippen molar-refractivity contribution in [3.05, 3.63) is 42.5 Å². The molecule has 52 heavy (non-hydrogen) atoms. The molecule has 2 aliphatic rings. The van der Waals surface area contributed by atoms with Gasteiger partial charge in [-0.15, -0.1) is 3.28 Å². The summed E-state index contributed by atoms with van der Waals surface area (Å²) in [6, 6.07) is 3.75.